The van der Waals surface area contributed by atoms with Crippen molar-refractivity contribution in [3.63, 3.8) is 0 Å². The van der Waals surface area contributed by atoms with Crippen LogP contribution in [-0.2, 0) is 0 Å². The average Bonchev–Trinajstić information content (AvgIpc) is 3.99. The van der Waals surface area contributed by atoms with Crippen LogP contribution in [0.25, 0.3) is 80.2 Å². The maximum Gasteiger partial charge on any atom is 0.124 e. The van der Waals surface area contributed by atoms with Gasteiger partial charge in [0.25, 0.3) is 0 Å². The third kappa shape index (κ3) is 5.66. The number of thiazole rings is 2. The van der Waals surface area contributed by atoms with Gasteiger partial charge >= 0.3 is 0 Å². The van der Waals surface area contributed by atoms with Crippen LogP contribution < -0.4 is 4.90 Å². The minimum Gasteiger partial charge on any atom is -0.310 e. The van der Waals surface area contributed by atoms with E-state index >= 15 is 0 Å². The van der Waals surface area contributed by atoms with E-state index in [1.165, 1.54) is 32.9 Å². The Morgan fingerprint density at radius 3 is 1.48 bits per heavy atom. The molecule has 11 aromatic rings. The molecule has 8 aromatic carbocycles. The number of hydrogen-bond donors (Lipinski definition) is 0. The number of rotatable bonds is 7. The average molecular weight is 753 g/mol. The number of para-hydroxylation sites is 2. The van der Waals surface area contributed by atoms with Crippen LogP contribution in [0.1, 0.15) is 0 Å². The summed E-state index contributed by atoms with van der Waals surface area (Å²) in [5, 5.41) is 4.54. The number of aromatic nitrogens is 3. The van der Waals surface area contributed by atoms with E-state index in [0.717, 1.165) is 64.3 Å². The minimum absolute atomic E-state index is 1.00. The van der Waals surface area contributed by atoms with Crippen LogP contribution >= 0.6 is 22.7 Å². The van der Waals surface area contributed by atoms with Crippen molar-refractivity contribution in [1.82, 2.24) is 14.5 Å². The van der Waals surface area contributed by atoms with E-state index in [2.05, 4.69) is 191 Å². The quantitative estimate of drug-likeness (QED) is 0.163. The number of benzene rings is 8. The van der Waals surface area contributed by atoms with Crippen molar-refractivity contribution >= 4 is 82.0 Å². The molecule has 0 aliphatic carbocycles. The Labute approximate surface area is 331 Å². The number of fused-ring (bicyclic) bond motifs is 5. The molecule has 0 spiro atoms. The lowest BCUT2D eigenvalue weighted by Crippen LogP contribution is -2.09. The minimum atomic E-state index is 1.00. The van der Waals surface area contributed by atoms with Crippen LogP contribution in [0.3, 0.4) is 0 Å². The molecule has 0 radical (unpaired) electrons. The van der Waals surface area contributed by atoms with Gasteiger partial charge in [0.05, 0.1) is 31.5 Å². The Morgan fingerprint density at radius 1 is 0.375 bits per heavy atom. The molecular weight excluding hydrogens is 721 g/mol. The van der Waals surface area contributed by atoms with Gasteiger partial charge in [-0.3, -0.25) is 0 Å². The van der Waals surface area contributed by atoms with E-state index in [1.807, 2.05) is 12.1 Å². The van der Waals surface area contributed by atoms with Gasteiger partial charge in [0.15, 0.2) is 0 Å². The third-order valence-corrected chi connectivity index (χ3v) is 12.6. The molecule has 264 valence electrons. The van der Waals surface area contributed by atoms with Crippen molar-refractivity contribution in [2.75, 3.05) is 4.90 Å². The first-order valence-corrected chi connectivity index (χ1v) is 20.3. The third-order valence-electron chi connectivity index (χ3n) is 10.4. The van der Waals surface area contributed by atoms with E-state index in [4.69, 9.17) is 9.97 Å². The Hall–Kier alpha value is -6.86. The smallest absolute Gasteiger partial charge is 0.124 e. The number of nitrogens with zero attached hydrogens (tertiary/aromatic N) is 4. The zero-order valence-corrected chi connectivity index (χ0v) is 31.7. The Bertz CT molecular complexity index is 3070. The molecule has 0 unspecified atom stereocenters. The summed E-state index contributed by atoms with van der Waals surface area (Å²) in [4.78, 5) is 12.3. The van der Waals surface area contributed by atoms with Gasteiger partial charge in [0.1, 0.15) is 10.0 Å². The molecule has 0 amide bonds. The van der Waals surface area contributed by atoms with Gasteiger partial charge in [-0.25, -0.2) is 9.97 Å². The zero-order chi connectivity index (χ0) is 37.0. The Kier molecular flexibility index (Phi) is 7.83. The molecule has 6 heteroatoms. The van der Waals surface area contributed by atoms with Crippen molar-refractivity contribution < 1.29 is 0 Å². The van der Waals surface area contributed by atoms with Gasteiger partial charge in [-0.1, -0.05) is 115 Å². The summed E-state index contributed by atoms with van der Waals surface area (Å²) in [7, 11) is 0. The summed E-state index contributed by atoms with van der Waals surface area (Å²) >= 11 is 3.46. The fourth-order valence-corrected chi connectivity index (χ4v) is 9.78. The lowest BCUT2D eigenvalue weighted by Gasteiger charge is -2.25. The van der Waals surface area contributed by atoms with Crippen LogP contribution in [0, 0.1) is 0 Å². The Balaban J connectivity index is 1.01. The van der Waals surface area contributed by atoms with Crippen LogP contribution in [0.4, 0.5) is 17.1 Å². The highest BCUT2D eigenvalue weighted by molar-refractivity contribution is 7.22. The highest BCUT2D eigenvalue weighted by Crippen LogP contribution is 2.42. The highest BCUT2D eigenvalue weighted by Gasteiger charge is 2.18. The molecule has 56 heavy (non-hydrogen) atoms. The SMILES string of the molecule is c1ccc(-c2nc3ccc(N(c4ccc(-c5ccc6c(c5)c5ccccc5n6-c5ccccc5)cc4)c4ccc5nc(-c6ccccc6)sc5c4)cc3s2)cc1. The molecule has 0 saturated carbocycles. The van der Waals surface area contributed by atoms with Crippen molar-refractivity contribution in [2.45, 2.75) is 0 Å². The molecule has 0 saturated heterocycles. The predicted molar refractivity (Wildman–Crippen MR) is 238 cm³/mol. The van der Waals surface area contributed by atoms with Gasteiger partial charge in [-0.05, 0) is 90.0 Å². The van der Waals surface area contributed by atoms with E-state index in [0.29, 0.717) is 0 Å². The first-order chi connectivity index (χ1) is 27.7. The van der Waals surface area contributed by atoms with E-state index < -0.39 is 0 Å². The molecule has 0 atom stereocenters. The normalized spacial score (nSPS) is 11.6. The highest BCUT2D eigenvalue weighted by atomic mass is 32.1. The molecule has 0 aliphatic heterocycles. The van der Waals surface area contributed by atoms with Gasteiger partial charge < -0.3 is 9.47 Å². The lowest BCUT2D eigenvalue weighted by atomic mass is 10.0. The van der Waals surface area contributed by atoms with Crippen LogP contribution in [0.5, 0.6) is 0 Å². The summed E-state index contributed by atoms with van der Waals surface area (Å²) in [6, 6.07) is 69.2. The molecular formula is C50H32N4S2. The Morgan fingerprint density at radius 2 is 0.875 bits per heavy atom. The fraction of sp³-hybridized carbons (Fsp3) is 0. The first-order valence-electron chi connectivity index (χ1n) is 18.6. The van der Waals surface area contributed by atoms with Gasteiger partial charge in [-0.15, -0.1) is 22.7 Å². The van der Waals surface area contributed by atoms with Gasteiger partial charge in [0, 0.05) is 44.6 Å². The first kappa shape index (κ1) is 32.6. The molecule has 0 aliphatic rings. The summed E-state index contributed by atoms with van der Waals surface area (Å²) in [5.41, 5.74) is 13.4. The van der Waals surface area contributed by atoms with Crippen LogP contribution in [-0.4, -0.2) is 14.5 Å². The molecule has 3 heterocycles. The van der Waals surface area contributed by atoms with Crippen molar-refractivity contribution in [1.29, 1.82) is 0 Å². The summed E-state index contributed by atoms with van der Waals surface area (Å²) in [6.45, 7) is 0. The summed E-state index contributed by atoms with van der Waals surface area (Å²) in [5.74, 6) is 0. The van der Waals surface area contributed by atoms with Crippen molar-refractivity contribution in [2.24, 2.45) is 0 Å². The van der Waals surface area contributed by atoms with Crippen molar-refractivity contribution in [3.05, 3.63) is 194 Å². The molecule has 0 N–H and O–H groups in total. The van der Waals surface area contributed by atoms with E-state index in [-0.39, 0.29) is 0 Å². The fourth-order valence-electron chi connectivity index (χ4n) is 7.77. The van der Waals surface area contributed by atoms with E-state index in [9.17, 15) is 0 Å². The maximum absolute atomic E-state index is 5.00. The standard InChI is InChI=1S/C50H32N4S2/c1-4-12-34(13-5-1)49-51-43-27-25-39(31-47(43)55-49)53(40-26-28-44-48(32-40)56-50(52-44)35-14-6-2-7-15-35)38-23-20-33(21-24-38)36-22-29-46-42(30-36)41-18-10-11-19-45(41)54(46)37-16-8-3-9-17-37/h1-32H. The molecule has 0 bridgehead atoms. The molecule has 3 aromatic heterocycles. The second-order valence-corrected chi connectivity index (χ2v) is 15.9. The predicted octanol–water partition coefficient (Wildman–Crippen LogP) is 14.5. The number of hydrogen-bond acceptors (Lipinski definition) is 5. The molecule has 0 fully saturated rings. The molecule has 4 nitrogen and oxygen atoms in total. The summed E-state index contributed by atoms with van der Waals surface area (Å²) in [6.07, 6.45) is 0. The second-order valence-electron chi connectivity index (χ2n) is 13.9. The van der Waals surface area contributed by atoms with Crippen LogP contribution in [0.2, 0.25) is 0 Å². The maximum atomic E-state index is 5.00. The largest absolute Gasteiger partial charge is 0.310 e. The zero-order valence-electron chi connectivity index (χ0n) is 30.1. The van der Waals surface area contributed by atoms with Gasteiger partial charge in [-0.2, -0.15) is 0 Å². The molecule has 11 rings (SSSR count). The monoisotopic (exact) mass is 752 g/mol. The van der Waals surface area contributed by atoms with Crippen molar-refractivity contribution in [3.8, 4) is 38.0 Å². The van der Waals surface area contributed by atoms with Crippen LogP contribution in [0.15, 0.2) is 194 Å². The number of anilines is 3. The lowest BCUT2D eigenvalue weighted by molar-refractivity contribution is 1.18. The van der Waals surface area contributed by atoms with E-state index in [1.54, 1.807) is 22.7 Å². The van der Waals surface area contributed by atoms with Gasteiger partial charge in [0.2, 0.25) is 0 Å². The topological polar surface area (TPSA) is 34.0 Å². The summed E-state index contributed by atoms with van der Waals surface area (Å²) < 4.78 is 4.66. The second kappa shape index (κ2) is 13.5.